The fourth-order valence-electron chi connectivity index (χ4n) is 3.40. The highest BCUT2D eigenvalue weighted by Gasteiger charge is 2.33. The van der Waals surface area contributed by atoms with Crippen LogP contribution in [-0.4, -0.2) is 36.1 Å². The van der Waals surface area contributed by atoms with Crippen molar-refractivity contribution in [3.05, 3.63) is 65.9 Å². The van der Waals surface area contributed by atoms with Gasteiger partial charge in [0.15, 0.2) is 0 Å². The van der Waals surface area contributed by atoms with Gasteiger partial charge in [-0.3, -0.25) is 0 Å². The van der Waals surface area contributed by atoms with Gasteiger partial charge in [0.25, 0.3) is 0 Å². The molecule has 0 spiro atoms. The largest absolute Gasteiger partial charge is 0.418 e. The summed E-state index contributed by atoms with van der Waals surface area (Å²) in [6.07, 6.45) is -2.53. The number of halogens is 3. The first-order valence-electron chi connectivity index (χ1n) is 9.10. The molecule has 8 heteroatoms. The van der Waals surface area contributed by atoms with Crippen molar-refractivity contribution in [1.29, 1.82) is 0 Å². The van der Waals surface area contributed by atoms with Crippen LogP contribution in [0, 0.1) is 0 Å². The number of benzene rings is 2. The standard InChI is InChI=1S/C21H23F3N4O/c1-27(2)19(15-13-28(3)18-11-7-4-8-14(15)18)12-25-20(29)26-17-10-6-5-9-16(17)21(22,23)24/h4-11,13,19H,12H2,1-3H3,(H2,25,26,29). The van der Waals surface area contributed by atoms with Gasteiger partial charge in [-0.15, -0.1) is 0 Å². The second kappa shape index (κ2) is 8.16. The molecule has 1 aromatic heterocycles. The molecule has 0 aliphatic rings. The summed E-state index contributed by atoms with van der Waals surface area (Å²) in [6.45, 7) is 0.237. The van der Waals surface area contributed by atoms with Crippen LogP contribution in [0.3, 0.4) is 0 Å². The van der Waals surface area contributed by atoms with Crippen molar-refractivity contribution in [2.45, 2.75) is 12.2 Å². The number of aromatic nitrogens is 1. The molecule has 2 amide bonds. The van der Waals surface area contributed by atoms with E-state index in [4.69, 9.17) is 0 Å². The number of carbonyl (C=O) groups excluding carboxylic acids is 1. The number of nitrogens with zero attached hydrogens (tertiary/aromatic N) is 2. The third-order valence-electron chi connectivity index (χ3n) is 4.85. The van der Waals surface area contributed by atoms with Gasteiger partial charge in [-0.1, -0.05) is 30.3 Å². The zero-order chi connectivity index (χ0) is 21.2. The molecule has 0 bridgehead atoms. The molecular formula is C21H23F3N4O. The number of anilines is 1. The van der Waals surface area contributed by atoms with Crippen molar-refractivity contribution in [2.24, 2.45) is 7.05 Å². The molecule has 1 heterocycles. The molecule has 0 saturated heterocycles. The van der Waals surface area contributed by atoms with Crippen LogP contribution in [0.2, 0.25) is 0 Å². The smallest absolute Gasteiger partial charge is 0.350 e. The van der Waals surface area contributed by atoms with Crippen molar-refractivity contribution in [3.8, 4) is 0 Å². The average molecular weight is 404 g/mol. The van der Waals surface area contributed by atoms with Crippen molar-refractivity contribution < 1.29 is 18.0 Å². The van der Waals surface area contributed by atoms with E-state index in [0.717, 1.165) is 22.5 Å². The third-order valence-corrected chi connectivity index (χ3v) is 4.85. The molecule has 0 radical (unpaired) electrons. The number of alkyl halides is 3. The quantitative estimate of drug-likeness (QED) is 0.652. The Morgan fingerprint density at radius 3 is 2.45 bits per heavy atom. The molecule has 3 rings (SSSR count). The molecule has 1 unspecified atom stereocenters. The normalized spacial score (nSPS) is 12.9. The number of carbonyl (C=O) groups is 1. The van der Waals surface area contributed by atoms with Crippen LogP contribution in [0.25, 0.3) is 10.9 Å². The molecule has 154 valence electrons. The summed E-state index contributed by atoms with van der Waals surface area (Å²) in [5.74, 6) is 0. The van der Waals surface area contributed by atoms with Crippen LogP contribution in [-0.2, 0) is 13.2 Å². The lowest BCUT2D eigenvalue weighted by Crippen LogP contribution is -2.37. The summed E-state index contributed by atoms with van der Waals surface area (Å²) in [5.41, 5.74) is 0.944. The molecule has 5 nitrogen and oxygen atoms in total. The maximum atomic E-state index is 13.1. The molecule has 2 aromatic carbocycles. The van der Waals surface area contributed by atoms with E-state index >= 15 is 0 Å². The SMILES string of the molecule is CN(C)C(CNC(=O)Nc1ccccc1C(F)(F)F)c1cn(C)c2ccccc12. The van der Waals surface area contributed by atoms with Crippen molar-refractivity contribution >= 4 is 22.6 Å². The summed E-state index contributed by atoms with van der Waals surface area (Å²) >= 11 is 0. The summed E-state index contributed by atoms with van der Waals surface area (Å²) in [5, 5.41) is 6.07. The molecular weight excluding hydrogens is 381 g/mol. The van der Waals surface area contributed by atoms with Gasteiger partial charge in [-0.05, 0) is 37.9 Å². The highest BCUT2D eigenvalue weighted by Crippen LogP contribution is 2.34. The minimum absolute atomic E-state index is 0.148. The average Bonchev–Trinajstić information content (AvgIpc) is 2.98. The number of likely N-dealkylation sites (N-methyl/N-ethyl adjacent to an activating group) is 1. The van der Waals surface area contributed by atoms with Crippen LogP contribution in [0.1, 0.15) is 17.2 Å². The molecule has 1 atom stereocenters. The Balaban J connectivity index is 1.76. The van der Waals surface area contributed by atoms with Crippen LogP contribution >= 0.6 is 0 Å². The molecule has 29 heavy (non-hydrogen) atoms. The van der Waals surface area contributed by atoms with Crippen molar-refractivity contribution in [3.63, 3.8) is 0 Å². The van der Waals surface area contributed by atoms with Crippen LogP contribution in [0.4, 0.5) is 23.7 Å². The lowest BCUT2D eigenvalue weighted by Gasteiger charge is -2.25. The van der Waals surface area contributed by atoms with Gasteiger partial charge < -0.3 is 20.1 Å². The first-order chi connectivity index (χ1) is 13.7. The lowest BCUT2D eigenvalue weighted by atomic mass is 10.0. The highest BCUT2D eigenvalue weighted by molar-refractivity contribution is 5.90. The molecule has 2 N–H and O–H groups in total. The Morgan fingerprint density at radius 2 is 1.76 bits per heavy atom. The topological polar surface area (TPSA) is 49.3 Å². The number of fused-ring (bicyclic) bond motifs is 1. The fraction of sp³-hybridized carbons (Fsp3) is 0.286. The van der Waals surface area contributed by atoms with Gasteiger partial charge >= 0.3 is 12.2 Å². The van der Waals surface area contributed by atoms with Crippen molar-refractivity contribution in [2.75, 3.05) is 26.0 Å². The van der Waals surface area contributed by atoms with Crippen LogP contribution in [0.15, 0.2) is 54.7 Å². The van der Waals surface area contributed by atoms with E-state index in [-0.39, 0.29) is 18.3 Å². The fourth-order valence-corrected chi connectivity index (χ4v) is 3.40. The maximum absolute atomic E-state index is 13.1. The van der Waals surface area contributed by atoms with Gasteiger partial charge in [0.2, 0.25) is 0 Å². The number of urea groups is 1. The third kappa shape index (κ3) is 4.54. The predicted molar refractivity (Wildman–Crippen MR) is 108 cm³/mol. The van der Waals surface area contributed by atoms with E-state index in [9.17, 15) is 18.0 Å². The number of hydrogen-bond acceptors (Lipinski definition) is 2. The minimum atomic E-state index is -4.54. The van der Waals surface area contributed by atoms with E-state index < -0.39 is 17.8 Å². The summed E-state index contributed by atoms with van der Waals surface area (Å²) in [7, 11) is 5.74. The highest BCUT2D eigenvalue weighted by atomic mass is 19.4. The van der Waals surface area contributed by atoms with Crippen molar-refractivity contribution in [1.82, 2.24) is 14.8 Å². The molecule has 0 aliphatic heterocycles. The Morgan fingerprint density at radius 1 is 1.10 bits per heavy atom. The van der Waals surface area contributed by atoms with Gasteiger partial charge in [-0.25, -0.2) is 4.79 Å². The Labute approximate surface area is 167 Å². The predicted octanol–water partition coefficient (Wildman–Crippen LogP) is 4.62. The maximum Gasteiger partial charge on any atom is 0.418 e. The molecule has 3 aromatic rings. The number of nitrogens with one attached hydrogen (secondary N) is 2. The van der Waals surface area contributed by atoms with Gasteiger partial charge in [0.05, 0.1) is 17.3 Å². The summed E-state index contributed by atoms with van der Waals surface area (Å²) < 4.78 is 41.3. The second-order valence-corrected chi connectivity index (χ2v) is 7.07. The van der Waals surface area contributed by atoms with E-state index in [0.29, 0.717) is 0 Å². The molecule has 0 saturated carbocycles. The Bertz CT molecular complexity index is 1010. The van der Waals surface area contributed by atoms with E-state index in [1.807, 2.05) is 61.1 Å². The van der Waals surface area contributed by atoms with Crippen LogP contribution in [0.5, 0.6) is 0 Å². The minimum Gasteiger partial charge on any atom is -0.350 e. The zero-order valence-electron chi connectivity index (χ0n) is 16.4. The summed E-state index contributed by atoms with van der Waals surface area (Å²) in [4.78, 5) is 14.3. The number of para-hydroxylation sites is 2. The Hall–Kier alpha value is -3.00. The number of rotatable bonds is 5. The van der Waals surface area contributed by atoms with Gasteiger partial charge in [0.1, 0.15) is 0 Å². The van der Waals surface area contributed by atoms with E-state index in [1.165, 1.54) is 18.2 Å². The number of hydrogen-bond donors (Lipinski definition) is 2. The first-order valence-corrected chi connectivity index (χ1v) is 9.10. The summed E-state index contributed by atoms with van der Waals surface area (Å²) in [6, 6.07) is 12.0. The van der Waals surface area contributed by atoms with E-state index in [2.05, 4.69) is 10.6 Å². The van der Waals surface area contributed by atoms with Gasteiger partial charge in [-0.2, -0.15) is 13.2 Å². The van der Waals surface area contributed by atoms with Crippen LogP contribution < -0.4 is 10.6 Å². The number of amides is 2. The number of aryl methyl sites for hydroxylation is 1. The monoisotopic (exact) mass is 404 g/mol. The zero-order valence-corrected chi connectivity index (χ0v) is 16.4. The lowest BCUT2D eigenvalue weighted by molar-refractivity contribution is -0.136. The van der Waals surface area contributed by atoms with Gasteiger partial charge in [0, 0.05) is 30.7 Å². The first kappa shape index (κ1) is 20.7. The second-order valence-electron chi connectivity index (χ2n) is 7.07. The molecule has 0 fully saturated rings. The Kier molecular flexibility index (Phi) is 5.83. The molecule has 0 aliphatic carbocycles. The van der Waals surface area contributed by atoms with E-state index in [1.54, 1.807) is 0 Å².